The Bertz CT molecular complexity index is 385. The minimum Gasteiger partial charge on any atom is -0.367 e. The summed E-state index contributed by atoms with van der Waals surface area (Å²) in [4.78, 5) is 16.7. The smallest absolute Gasteiger partial charge is 0.318 e. The van der Waals surface area contributed by atoms with E-state index in [0.29, 0.717) is 6.54 Å². The van der Waals surface area contributed by atoms with Gasteiger partial charge >= 0.3 is 6.03 Å². The van der Waals surface area contributed by atoms with Gasteiger partial charge in [-0.15, -0.1) is 0 Å². The van der Waals surface area contributed by atoms with E-state index in [2.05, 4.69) is 29.5 Å². The molecule has 1 fully saturated rings. The van der Waals surface area contributed by atoms with Crippen LogP contribution < -0.4 is 10.6 Å². The zero-order valence-electron chi connectivity index (χ0n) is 10.6. The largest absolute Gasteiger partial charge is 0.367 e. The Morgan fingerprint density at radius 1 is 1.59 bits per heavy atom. The molecule has 1 aliphatic heterocycles. The Kier molecular flexibility index (Phi) is 3.11. The number of amides is 2. The molecule has 1 unspecified atom stereocenters. The quantitative estimate of drug-likeness (QED) is 0.732. The fraction of sp³-hybridized carbons (Fsp3) is 0.583. The minimum atomic E-state index is -0.0651. The number of carbonyl (C=O) groups is 1. The number of hydrogen-bond acceptors (Lipinski definition) is 2. The van der Waals surface area contributed by atoms with Crippen molar-refractivity contribution >= 4 is 6.03 Å². The second-order valence-corrected chi connectivity index (χ2v) is 5.16. The molecule has 1 aliphatic rings. The minimum absolute atomic E-state index is 0.0134. The Labute approximate surface area is 102 Å². The SMILES string of the molecule is CNC(C)(C)CN1CC(c2cc[nH]c2)NC1=O. The topological polar surface area (TPSA) is 60.2 Å². The van der Waals surface area contributed by atoms with Crippen LogP contribution in [0, 0.1) is 0 Å². The summed E-state index contributed by atoms with van der Waals surface area (Å²) in [6, 6.07) is 2.11. The molecule has 0 aliphatic carbocycles. The predicted molar refractivity (Wildman–Crippen MR) is 66.8 cm³/mol. The van der Waals surface area contributed by atoms with Gasteiger partial charge in [0.1, 0.15) is 0 Å². The first-order valence-electron chi connectivity index (χ1n) is 5.89. The summed E-state index contributed by atoms with van der Waals surface area (Å²) < 4.78 is 0. The van der Waals surface area contributed by atoms with Gasteiger partial charge in [0.05, 0.1) is 6.04 Å². The van der Waals surface area contributed by atoms with Gasteiger partial charge in [0.25, 0.3) is 0 Å². The molecule has 1 aromatic rings. The Balaban J connectivity index is 2.01. The van der Waals surface area contributed by atoms with Gasteiger partial charge in [0, 0.05) is 31.0 Å². The molecule has 0 saturated carbocycles. The zero-order valence-corrected chi connectivity index (χ0v) is 10.6. The van der Waals surface area contributed by atoms with E-state index in [4.69, 9.17) is 0 Å². The molecule has 5 heteroatoms. The molecule has 2 heterocycles. The van der Waals surface area contributed by atoms with Gasteiger partial charge in [-0.3, -0.25) is 0 Å². The number of likely N-dealkylation sites (N-methyl/N-ethyl adjacent to an activating group) is 1. The van der Waals surface area contributed by atoms with Crippen molar-refractivity contribution in [3.63, 3.8) is 0 Å². The summed E-state index contributed by atoms with van der Waals surface area (Å²) in [5.41, 5.74) is 1.06. The second kappa shape index (κ2) is 4.41. The number of nitrogens with one attached hydrogen (secondary N) is 3. The highest BCUT2D eigenvalue weighted by molar-refractivity contribution is 5.77. The van der Waals surface area contributed by atoms with E-state index in [-0.39, 0.29) is 17.6 Å². The number of urea groups is 1. The molecule has 94 valence electrons. The molecule has 0 aromatic carbocycles. The molecule has 2 rings (SSSR count). The van der Waals surface area contributed by atoms with Crippen molar-refractivity contribution in [3.8, 4) is 0 Å². The average molecular weight is 236 g/mol. The first-order valence-corrected chi connectivity index (χ1v) is 5.89. The highest BCUT2D eigenvalue weighted by Gasteiger charge is 2.33. The van der Waals surface area contributed by atoms with E-state index >= 15 is 0 Å². The van der Waals surface area contributed by atoms with Crippen LogP contribution >= 0.6 is 0 Å². The number of aromatic nitrogens is 1. The lowest BCUT2D eigenvalue weighted by molar-refractivity contribution is 0.201. The van der Waals surface area contributed by atoms with E-state index in [1.807, 2.05) is 30.4 Å². The van der Waals surface area contributed by atoms with Gasteiger partial charge in [-0.2, -0.15) is 0 Å². The van der Waals surface area contributed by atoms with Crippen LogP contribution in [0.15, 0.2) is 18.5 Å². The number of H-pyrrole nitrogens is 1. The summed E-state index contributed by atoms with van der Waals surface area (Å²) in [6.45, 7) is 5.60. The van der Waals surface area contributed by atoms with Gasteiger partial charge < -0.3 is 20.5 Å². The van der Waals surface area contributed by atoms with E-state index in [9.17, 15) is 4.79 Å². The molecule has 3 N–H and O–H groups in total. The second-order valence-electron chi connectivity index (χ2n) is 5.16. The normalized spacial score (nSPS) is 20.8. The Morgan fingerprint density at radius 2 is 2.35 bits per heavy atom. The number of nitrogens with zero attached hydrogens (tertiary/aromatic N) is 1. The Hall–Kier alpha value is -1.49. The summed E-state index contributed by atoms with van der Waals surface area (Å²) in [6.07, 6.45) is 3.80. The lowest BCUT2D eigenvalue weighted by atomic mass is 10.1. The van der Waals surface area contributed by atoms with Crippen molar-refractivity contribution in [1.82, 2.24) is 20.5 Å². The molecule has 0 spiro atoms. The third-order valence-corrected chi connectivity index (χ3v) is 3.28. The fourth-order valence-electron chi connectivity index (χ4n) is 2.02. The van der Waals surface area contributed by atoms with E-state index in [0.717, 1.165) is 12.1 Å². The number of aromatic amines is 1. The molecular formula is C12H20N4O. The maximum absolute atomic E-state index is 11.9. The average Bonchev–Trinajstić information content (AvgIpc) is 2.89. The lowest BCUT2D eigenvalue weighted by Crippen LogP contribution is -2.48. The molecule has 1 saturated heterocycles. The predicted octanol–water partition coefficient (Wildman–Crippen LogP) is 1.08. The molecule has 0 bridgehead atoms. The molecule has 1 atom stereocenters. The van der Waals surface area contributed by atoms with Crippen LogP contribution in [0.5, 0.6) is 0 Å². The van der Waals surface area contributed by atoms with Crippen LogP contribution in [-0.2, 0) is 0 Å². The molecule has 5 nitrogen and oxygen atoms in total. The summed E-state index contributed by atoms with van der Waals surface area (Å²) in [7, 11) is 1.91. The van der Waals surface area contributed by atoms with Crippen LogP contribution in [0.4, 0.5) is 4.79 Å². The van der Waals surface area contributed by atoms with Crippen LogP contribution in [0.3, 0.4) is 0 Å². The highest BCUT2D eigenvalue weighted by Crippen LogP contribution is 2.21. The zero-order chi connectivity index (χ0) is 12.5. The van der Waals surface area contributed by atoms with Gasteiger partial charge in [-0.05, 0) is 32.5 Å². The van der Waals surface area contributed by atoms with Crippen LogP contribution in [0.25, 0.3) is 0 Å². The van der Waals surface area contributed by atoms with Crippen LogP contribution in [0.1, 0.15) is 25.5 Å². The third-order valence-electron chi connectivity index (χ3n) is 3.28. The first-order chi connectivity index (χ1) is 8.02. The number of rotatable bonds is 4. The lowest BCUT2D eigenvalue weighted by Gasteiger charge is -2.29. The number of carbonyl (C=O) groups excluding carboxylic acids is 1. The maximum Gasteiger partial charge on any atom is 0.318 e. The number of hydrogen-bond donors (Lipinski definition) is 3. The highest BCUT2D eigenvalue weighted by atomic mass is 16.2. The van der Waals surface area contributed by atoms with Crippen molar-refractivity contribution in [2.24, 2.45) is 0 Å². The van der Waals surface area contributed by atoms with Gasteiger partial charge in [0.2, 0.25) is 0 Å². The first kappa shape index (κ1) is 12.0. The van der Waals surface area contributed by atoms with Gasteiger partial charge in [-0.1, -0.05) is 0 Å². The van der Waals surface area contributed by atoms with Crippen molar-refractivity contribution < 1.29 is 4.79 Å². The van der Waals surface area contributed by atoms with E-state index in [1.165, 1.54) is 0 Å². The van der Waals surface area contributed by atoms with E-state index < -0.39 is 0 Å². The van der Waals surface area contributed by atoms with Gasteiger partial charge in [-0.25, -0.2) is 4.79 Å². The summed E-state index contributed by atoms with van der Waals surface area (Å²) in [5, 5.41) is 6.20. The molecule has 0 radical (unpaired) electrons. The molecule has 2 amide bonds. The summed E-state index contributed by atoms with van der Waals surface area (Å²) in [5.74, 6) is 0. The molecule has 1 aromatic heterocycles. The maximum atomic E-state index is 11.9. The van der Waals surface area contributed by atoms with E-state index in [1.54, 1.807) is 0 Å². The van der Waals surface area contributed by atoms with Crippen LogP contribution in [-0.4, -0.2) is 41.6 Å². The molecular weight excluding hydrogens is 216 g/mol. The van der Waals surface area contributed by atoms with Crippen molar-refractivity contribution in [3.05, 3.63) is 24.0 Å². The third kappa shape index (κ3) is 2.61. The van der Waals surface area contributed by atoms with Crippen molar-refractivity contribution in [1.29, 1.82) is 0 Å². The standard InChI is InChI=1S/C12H20N4O/c1-12(2,13-3)8-16-7-10(15-11(16)17)9-4-5-14-6-9/h4-6,10,13-14H,7-8H2,1-3H3,(H,15,17). The molecule has 17 heavy (non-hydrogen) atoms. The van der Waals surface area contributed by atoms with Crippen molar-refractivity contribution in [2.45, 2.75) is 25.4 Å². The van der Waals surface area contributed by atoms with Gasteiger partial charge in [0.15, 0.2) is 0 Å². The fourth-order valence-corrected chi connectivity index (χ4v) is 2.02. The van der Waals surface area contributed by atoms with Crippen molar-refractivity contribution in [2.75, 3.05) is 20.1 Å². The summed E-state index contributed by atoms with van der Waals surface area (Å²) >= 11 is 0. The Morgan fingerprint density at radius 3 is 2.94 bits per heavy atom. The monoisotopic (exact) mass is 236 g/mol. The van der Waals surface area contributed by atoms with Crippen LogP contribution in [0.2, 0.25) is 0 Å².